The summed E-state index contributed by atoms with van der Waals surface area (Å²) in [5.74, 6) is 4.87. The first-order valence-electron chi connectivity index (χ1n) is 10.8. The molecule has 0 spiro atoms. The minimum atomic E-state index is -0.864. The summed E-state index contributed by atoms with van der Waals surface area (Å²) in [5, 5.41) is 0. The highest BCUT2D eigenvalue weighted by Crippen LogP contribution is 2.33. The van der Waals surface area contributed by atoms with Gasteiger partial charge in [-0.2, -0.15) is 0 Å². The van der Waals surface area contributed by atoms with Gasteiger partial charge in [0.05, 0.1) is 0 Å². The van der Waals surface area contributed by atoms with Gasteiger partial charge in [0.1, 0.15) is 0 Å². The summed E-state index contributed by atoms with van der Waals surface area (Å²) in [6, 6.07) is 19.3. The summed E-state index contributed by atoms with van der Waals surface area (Å²) in [5.41, 5.74) is 7.00. The van der Waals surface area contributed by atoms with E-state index in [1.807, 2.05) is 6.07 Å². The van der Waals surface area contributed by atoms with E-state index in [2.05, 4.69) is 55.2 Å². The first-order chi connectivity index (χ1) is 14.6. The molecule has 0 fully saturated rings. The molecule has 1 aliphatic rings. The maximum Gasteiger partial charge on any atom is 0.160 e. The molecule has 152 valence electrons. The molecule has 0 amide bonds. The van der Waals surface area contributed by atoms with Crippen molar-refractivity contribution in [2.75, 3.05) is 0 Å². The van der Waals surface area contributed by atoms with Crippen molar-refractivity contribution in [1.82, 2.24) is 0 Å². The van der Waals surface area contributed by atoms with Crippen LogP contribution in [0.5, 0.6) is 0 Å². The number of hydrogen-bond donors (Lipinski definition) is 0. The minimum absolute atomic E-state index is 0.481. The Morgan fingerprint density at radius 1 is 0.833 bits per heavy atom. The Bertz CT molecular complexity index is 1080. The lowest BCUT2D eigenvalue weighted by Crippen LogP contribution is -2.13. The minimum Gasteiger partial charge on any atom is -0.204 e. The van der Waals surface area contributed by atoms with Crippen molar-refractivity contribution in [3.63, 3.8) is 0 Å². The Balaban J connectivity index is 1.46. The normalized spacial score (nSPS) is 15.2. The molecule has 1 atom stereocenters. The highest BCUT2D eigenvalue weighted by Gasteiger charge is 2.20. The molecular formula is C28H26F2. The number of fused-ring (bicyclic) bond motifs is 1. The van der Waals surface area contributed by atoms with Gasteiger partial charge in [0.25, 0.3) is 0 Å². The highest BCUT2D eigenvalue weighted by atomic mass is 19.2. The van der Waals surface area contributed by atoms with E-state index in [-0.39, 0.29) is 0 Å². The standard InChI is InChI=1S/C28H26F2/c1-2-3-4-20-7-11-23(12-8-20)25-15-14-24-17-21(9-13-26(24)19-25)5-6-22-10-16-27(29)28(30)18-22/h7-13,16-18,25H,2-4,14-15,19H2,1H3. The Kier molecular flexibility index (Phi) is 6.29. The summed E-state index contributed by atoms with van der Waals surface area (Å²) >= 11 is 0. The van der Waals surface area contributed by atoms with Crippen molar-refractivity contribution in [2.24, 2.45) is 0 Å². The average Bonchev–Trinajstić information content (AvgIpc) is 2.78. The van der Waals surface area contributed by atoms with Crippen molar-refractivity contribution in [3.8, 4) is 11.8 Å². The van der Waals surface area contributed by atoms with E-state index in [0.29, 0.717) is 11.5 Å². The smallest absolute Gasteiger partial charge is 0.160 e. The van der Waals surface area contributed by atoms with E-state index in [1.54, 1.807) is 0 Å². The fourth-order valence-corrected chi connectivity index (χ4v) is 4.17. The molecular weight excluding hydrogens is 374 g/mol. The molecule has 0 bridgehead atoms. The van der Waals surface area contributed by atoms with Gasteiger partial charge in [-0.3, -0.25) is 0 Å². The van der Waals surface area contributed by atoms with Gasteiger partial charge in [-0.15, -0.1) is 0 Å². The third kappa shape index (κ3) is 4.79. The van der Waals surface area contributed by atoms with Crippen LogP contribution in [0.25, 0.3) is 0 Å². The van der Waals surface area contributed by atoms with E-state index < -0.39 is 11.6 Å². The Hall–Kier alpha value is -2.92. The summed E-state index contributed by atoms with van der Waals surface area (Å²) in [6.45, 7) is 2.23. The topological polar surface area (TPSA) is 0 Å². The zero-order valence-electron chi connectivity index (χ0n) is 17.3. The van der Waals surface area contributed by atoms with Gasteiger partial charge in [-0.05, 0) is 90.6 Å². The van der Waals surface area contributed by atoms with Gasteiger partial charge in [0.15, 0.2) is 11.6 Å². The molecule has 4 rings (SSSR count). The first-order valence-corrected chi connectivity index (χ1v) is 10.8. The lowest BCUT2D eigenvalue weighted by molar-refractivity contribution is 0.508. The lowest BCUT2D eigenvalue weighted by Gasteiger charge is -2.25. The van der Waals surface area contributed by atoms with Crippen LogP contribution in [-0.2, 0) is 19.3 Å². The second-order valence-electron chi connectivity index (χ2n) is 8.15. The predicted molar refractivity (Wildman–Crippen MR) is 119 cm³/mol. The van der Waals surface area contributed by atoms with E-state index in [4.69, 9.17) is 0 Å². The van der Waals surface area contributed by atoms with Crippen LogP contribution in [0.1, 0.15) is 65.5 Å². The van der Waals surface area contributed by atoms with Crippen LogP contribution in [0.15, 0.2) is 60.7 Å². The fourth-order valence-electron chi connectivity index (χ4n) is 4.17. The monoisotopic (exact) mass is 400 g/mol. The third-order valence-electron chi connectivity index (χ3n) is 5.98. The van der Waals surface area contributed by atoms with E-state index in [9.17, 15) is 8.78 Å². The Morgan fingerprint density at radius 3 is 2.30 bits per heavy atom. The predicted octanol–water partition coefficient (Wildman–Crippen LogP) is 6.98. The van der Waals surface area contributed by atoms with Crippen LogP contribution < -0.4 is 0 Å². The van der Waals surface area contributed by atoms with Crippen molar-refractivity contribution < 1.29 is 8.78 Å². The second kappa shape index (κ2) is 9.26. The van der Waals surface area contributed by atoms with Gasteiger partial charge in [0.2, 0.25) is 0 Å². The summed E-state index contributed by atoms with van der Waals surface area (Å²) in [6.07, 6.45) is 6.88. The fraction of sp³-hybridized carbons (Fsp3) is 0.286. The number of benzene rings is 3. The number of rotatable bonds is 4. The quantitative estimate of drug-likeness (QED) is 0.415. The van der Waals surface area contributed by atoms with Gasteiger partial charge < -0.3 is 0 Å². The van der Waals surface area contributed by atoms with Crippen LogP contribution in [0.2, 0.25) is 0 Å². The van der Waals surface area contributed by atoms with Gasteiger partial charge in [-0.25, -0.2) is 8.78 Å². The molecule has 0 N–H and O–H groups in total. The maximum atomic E-state index is 13.3. The van der Waals surface area contributed by atoms with Gasteiger partial charge in [0, 0.05) is 11.1 Å². The molecule has 3 aromatic carbocycles. The molecule has 30 heavy (non-hydrogen) atoms. The molecule has 0 aliphatic heterocycles. The SMILES string of the molecule is CCCCc1ccc(C2CCc3cc(C#Cc4ccc(F)c(F)c4)ccc3C2)cc1. The zero-order chi connectivity index (χ0) is 20.9. The molecule has 0 saturated carbocycles. The van der Waals surface area contributed by atoms with Crippen molar-refractivity contribution in [1.29, 1.82) is 0 Å². The van der Waals surface area contributed by atoms with E-state index in [1.165, 1.54) is 47.6 Å². The largest absolute Gasteiger partial charge is 0.204 e. The summed E-state index contributed by atoms with van der Waals surface area (Å²) in [7, 11) is 0. The molecule has 0 aromatic heterocycles. The number of aryl methyl sites for hydroxylation is 2. The molecule has 1 unspecified atom stereocenters. The lowest BCUT2D eigenvalue weighted by atomic mass is 9.79. The summed E-state index contributed by atoms with van der Waals surface area (Å²) in [4.78, 5) is 0. The average molecular weight is 401 g/mol. The Morgan fingerprint density at radius 2 is 1.57 bits per heavy atom. The first kappa shape index (κ1) is 20.4. The molecule has 0 radical (unpaired) electrons. The molecule has 2 heteroatoms. The van der Waals surface area contributed by atoms with Gasteiger partial charge >= 0.3 is 0 Å². The molecule has 1 aliphatic carbocycles. The zero-order valence-corrected chi connectivity index (χ0v) is 17.3. The van der Waals surface area contributed by atoms with Crippen molar-refractivity contribution in [2.45, 2.75) is 51.4 Å². The number of hydrogen-bond acceptors (Lipinski definition) is 0. The molecule has 0 nitrogen and oxygen atoms in total. The Labute approximate surface area is 178 Å². The second-order valence-corrected chi connectivity index (χ2v) is 8.15. The van der Waals surface area contributed by atoms with Crippen LogP contribution in [0, 0.1) is 23.5 Å². The van der Waals surface area contributed by atoms with Crippen molar-refractivity contribution in [3.05, 3.63) is 106 Å². The number of unbranched alkanes of at least 4 members (excludes halogenated alkanes) is 1. The van der Waals surface area contributed by atoms with Crippen LogP contribution >= 0.6 is 0 Å². The van der Waals surface area contributed by atoms with Crippen LogP contribution in [0.3, 0.4) is 0 Å². The number of halogens is 2. The maximum absolute atomic E-state index is 13.3. The van der Waals surface area contributed by atoms with Crippen molar-refractivity contribution >= 4 is 0 Å². The molecule has 3 aromatic rings. The van der Waals surface area contributed by atoms with E-state index in [0.717, 1.165) is 37.0 Å². The molecule has 0 heterocycles. The van der Waals surface area contributed by atoms with E-state index >= 15 is 0 Å². The van der Waals surface area contributed by atoms with Gasteiger partial charge in [-0.1, -0.05) is 55.5 Å². The molecule has 0 saturated heterocycles. The highest BCUT2D eigenvalue weighted by molar-refractivity contribution is 5.47. The van der Waals surface area contributed by atoms with Crippen LogP contribution in [-0.4, -0.2) is 0 Å². The van der Waals surface area contributed by atoms with Crippen LogP contribution in [0.4, 0.5) is 8.78 Å². The summed E-state index contributed by atoms with van der Waals surface area (Å²) < 4.78 is 26.4. The third-order valence-corrected chi connectivity index (χ3v) is 5.98.